The molecule has 1 aromatic carbocycles. The highest BCUT2D eigenvalue weighted by molar-refractivity contribution is 5.75. The summed E-state index contributed by atoms with van der Waals surface area (Å²) in [5.74, 6) is -0.370. The summed E-state index contributed by atoms with van der Waals surface area (Å²) < 4.78 is 4.60. The fourth-order valence-electron chi connectivity index (χ4n) is 1.63. The zero-order valence-electron chi connectivity index (χ0n) is 11.0. The van der Waals surface area contributed by atoms with Crippen molar-refractivity contribution in [1.29, 1.82) is 0 Å². The Hall–Kier alpha value is -1.35. The Morgan fingerprint density at radius 1 is 1.29 bits per heavy atom. The van der Waals surface area contributed by atoms with Crippen LogP contribution in [0.15, 0.2) is 24.3 Å². The standard InChI is InChI=1S/C14H21NO2/c1-14(2,3)11-7-5-10(6-8-11)9-12(15)13(16)17-4/h5-8,12H,9,15H2,1-4H3. The molecule has 1 atom stereocenters. The lowest BCUT2D eigenvalue weighted by Crippen LogP contribution is -2.33. The first-order chi connectivity index (χ1) is 7.84. The van der Waals surface area contributed by atoms with Gasteiger partial charge in [0.05, 0.1) is 7.11 Å². The minimum atomic E-state index is -0.583. The molecule has 17 heavy (non-hydrogen) atoms. The number of rotatable bonds is 3. The van der Waals surface area contributed by atoms with Gasteiger partial charge < -0.3 is 10.5 Å². The molecule has 0 amide bonds. The first-order valence-corrected chi connectivity index (χ1v) is 5.77. The Kier molecular flexibility index (Phi) is 4.29. The average molecular weight is 235 g/mol. The smallest absolute Gasteiger partial charge is 0.322 e. The molecule has 1 rings (SSSR count). The van der Waals surface area contributed by atoms with Gasteiger partial charge in [0, 0.05) is 0 Å². The lowest BCUT2D eigenvalue weighted by Gasteiger charge is -2.19. The first kappa shape index (κ1) is 13.7. The van der Waals surface area contributed by atoms with Crippen LogP contribution in [-0.2, 0) is 21.4 Å². The van der Waals surface area contributed by atoms with Crippen molar-refractivity contribution >= 4 is 5.97 Å². The second-order valence-electron chi connectivity index (χ2n) is 5.28. The minimum Gasteiger partial charge on any atom is -0.468 e. The van der Waals surface area contributed by atoms with E-state index in [-0.39, 0.29) is 11.4 Å². The normalized spacial score (nSPS) is 13.2. The second-order valence-corrected chi connectivity index (χ2v) is 5.28. The van der Waals surface area contributed by atoms with Crippen LogP contribution in [0.1, 0.15) is 31.9 Å². The van der Waals surface area contributed by atoms with Crippen LogP contribution >= 0.6 is 0 Å². The van der Waals surface area contributed by atoms with Gasteiger partial charge in [-0.1, -0.05) is 45.0 Å². The quantitative estimate of drug-likeness (QED) is 0.815. The van der Waals surface area contributed by atoms with Crippen molar-refractivity contribution in [3.05, 3.63) is 35.4 Å². The van der Waals surface area contributed by atoms with Gasteiger partial charge in [-0.05, 0) is 23.0 Å². The van der Waals surface area contributed by atoms with Crippen LogP contribution in [0.2, 0.25) is 0 Å². The number of hydrogen-bond acceptors (Lipinski definition) is 3. The van der Waals surface area contributed by atoms with Crippen LogP contribution in [0.4, 0.5) is 0 Å². The topological polar surface area (TPSA) is 52.3 Å². The number of nitrogens with two attached hydrogens (primary N) is 1. The Balaban J connectivity index is 2.72. The molecule has 0 saturated heterocycles. The van der Waals surface area contributed by atoms with E-state index in [1.54, 1.807) is 0 Å². The number of ether oxygens (including phenoxy) is 1. The molecule has 1 aromatic rings. The maximum Gasteiger partial charge on any atom is 0.322 e. The molecule has 0 aliphatic rings. The molecule has 0 spiro atoms. The van der Waals surface area contributed by atoms with E-state index in [1.165, 1.54) is 12.7 Å². The Labute approximate surface area is 103 Å². The monoisotopic (exact) mass is 235 g/mol. The fourth-order valence-corrected chi connectivity index (χ4v) is 1.63. The average Bonchev–Trinajstić information content (AvgIpc) is 2.27. The molecule has 0 aliphatic carbocycles. The van der Waals surface area contributed by atoms with Crippen molar-refractivity contribution in [3.63, 3.8) is 0 Å². The van der Waals surface area contributed by atoms with Gasteiger partial charge in [0.1, 0.15) is 6.04 Å². The summed E-state index contributed by atoms with van der Waals surface area (Å²) in [4.78, 5) is 11.2. The van der Waals surface area contributed by atoms with E-state index in [9.17, 15) is 4.79 Å². The molecular formula is C14H21NO2. The van der Waals surface area contributed by atoms with E-state index in [0.29, 0.717) is 6.42 Å². The third kappa shape index (κ3) is 3.86. The van der Waals surface area contributed by atoms with Gasteiger partial charge in [0.2, 0.25) is 0 Å². The fraction of sp³-hybridized carbons (Fsp3) is 0.500. The van der Waals surface area contributed by atoms with Crippen LogP contribution in [0.5, 0.6) is 0 Å². The molecule has 0 fully saturated rings. The SMILES string of the molecule is COC(=O)C(N)Cc1ccc(C(C)(C)C)cc1. The minimum absolute atomic E-state index is 0.142. The van der Waals surface area contributed by atoms with Crippen LogP contribution < -0.4 is 5.73 Å². The zero-order chi connectivity index (χ0) is 13.1. The van der Waals surface area contributed by atoms with Gasteiger partial charge in [0.25, 0.3) is 0 Å². The van der Waals surface area contributed by atoms with Gasteiger partial charge in [-0.3, -0.25) is 4.79 Å². The van der Waals surface area contributed by atoms with E-state index in [4.69, 9.17) is 5.73 Å². The third-order valence-electron chi connectivity index (χ3n) is 2.78. The largest absolute Gasteiger partial charge is 0.468 e. The molecule has 0 heterocycles. The van der Waals surface area contributed by atoms with Crippen molar-refractivity contribution in [2.75, 3.05) is 7.11 Å². The summed E-state index contributed by atoms with van der Waals surface area (Å²) in [6.07, 6.45) is 0.511. The summed E-state index contributed by atoms with van der Waals surface area (Å²) in [6, 6.07) is 7.62. The van der Waals surface area contributed by atoms with Crippen molar-refractivity contribution < 1.29 is 9.53 Å². The van der Waals surface area contributed by atoms with Crippen molar-refractivity contribution in [2.24, 2.45) is 5.73 Å². The van der Waals surface area contributed by atoms with E-state index in [1.807, 2.05) is 12.1 Å². The number of carbonyl (C=O) groups is 1. The van der Waals surface area contributed by atoms with Crippen LogP contribution in [0.3, 0.4) is 0 Å². The summed E-state index contributed by atoms with van der Waals surface area (Å²) in [5, 5.41) is 0. The molecule has 0 radical (unpaired) electrons. The molecule has 1 unspecified atom stereocenters. The number of esters is 1. The Morgan fingerprint density at radius 3 is 2.24 bits per heavy atom. The Bertz CT molecular complexity index is 376. The molecule has 0 aliphatic heterocycles. The highest BCUT2D eigenvalue weighted by atomic mass is 16.5. The molecular weight excluding hydrogens is 214 g/mol. The number of methoxy groups -OCH3 is 1. The van der Waals surface area contributed by atoms with Crippen molar-refractivity contribution in [1.82, 2.24) is 0 Å². The molecule has 0 bridgehead atoms. The first-order valence-electron chi connectivity index (χ1n) is 5.77. The van der Waals surface area contributed by atoms with Crippen LogP contribution in [0, 0.1) is 0 Å². The molecule has 94 valence electrons. The van der Waals surface area contributed by atoms with E-state index < -0.39 is 6.04 Å². The maximum absolute atomic E-state index is 11.2. The summed E-state index contributed by atoms with van der Waals surface area (Å²) in [7, 11) is 1.35. The van der Waals surface area contributed by atoms with Crippen molar-refractivity contribution in [2.45, 2.75) is 38.6 Å². The summed E-state index contributed by atoms with van der Waals surface area (Å²) >= 11 is 0. The van der Waals surface area contributed by atoms with Gasteiger partial charge in [-0.15, -0.1) is 0 Å². The van der Waals surface area contributed by atoms with Crippen LogP contribution in [-0.4, -0.2) is 19.1 Å². The lowest BCUT2D eigenvalue weighted by atomic mass is 9.86. The summed E-state index contributed by atoms with van der Waals surface area (Å²) in [6.45, 7) is 6.51. The highest BCUT2D eigenvalue weighted by Gasteiger charge is 2.16. The van der Waals surface area contributed by atoms with E-state index in [0.717, 1.165) is 5.56 Å². The van der Waals surface area contributed by atoms with Crippen molar-refractivity contribution in [3.8, 4) is 0 Å². The molecule has 0 aromatic heterocycles. The Morgan fingerprint density at radius 2 is 1.82 bits per heavy atom. The molecule has 3 heteroatoms. The van der Waals surface area contributed by atoms with Gasteiger partial charge >= 0.3 is 5.97 Å². The highest BCUT2D eigenvalue weighted by Crippen LogP contribution is 2.22. The molecule has 2 N–H and O–H groups in total. The van der Waals surface area contributed by atoms with Crippen LogP contribution in [0.25, 0.3) is 0 Å². The van der Waals surface area contributed by atoms with Gasteiger partial charge in [-0.2, -0.15) is 0 Å². The predicted molar refractivity (Wildman–Crippen MR) is 68.8 cm³/mol. The van der Waals surface area contributed by atoms with E-state index in [2.05, 4.69) is 37.6 Å². The second kappa shape index (κ2) is 5.32. The predicted octanol–water partition coefficient (Wildman–Crippen LogP) is 2.03. The van der Waals surface area contributed by atoms with Gasteiger partial charge in [0.15, 0.2) is 0 Å². The number of hydrogen-bond donors (Lipinski definition) is 1. The third-order valence-corrected chi connectivity index (χ3v) is 2.78. The van der Waals surface area contributed by atoms with E-state index >= 15 is 0 Å². The number of carbonyl (C=O) groups excluding carboxylic acids is 1. The maximum atomic E-state index is 11.2. The summed E-state index contributed by atoms with van der Waals surface area (Å²) in [5.41, 5.74) is 8.17. The van der Waals surface area contributed by atoms with Gasteiger partial charge in [-0.25, -0.2) is 0 Å². The number of benzene rings is 1. The molecule has 3 nitrogen and oxygen atoms in total. The lowest BCUT2D eigenvalue weighted by molar-refractivity contribution is -0.142. The zero-order valence-corrected chi connectivity index (χ0v) is 11.0. The molecule has 0 saturated carbocycles.